The third-order valence-electron chi connectivity index (χ3n) is 3.86. The summed E-state index contributed by atoms with van der Waals surface area (Å²) in [6.07, 6.45) is -4.23. The van der Waals surface area contributed by atoms with E-state index < -0.39 is 17.8 Å². The number of nitrogens with zero attached hydrogens (tertiary/aromatic N) is 1. The maximum absolute atomic E-state index is 12.7. The maximum atomic E-state index is 12.7. The maximum Gasteiger partial charge on any atom is 0.416 e. The average molecular weight is 349 g/mol. The quantitative estimate of drug-likeness (QED) is 0.865. The molecule has 0 bridgehead atoms. The van der Waals surface area contributed by atoms with Crippen LogP contribution in [-0.2, 0) is 17.4 Å². The van der Waals surface area contributed by atoms with E-state index in [1.807, 2.05) is 0 Å². The number of rotatable bonds is 2. The molecule has 0 unspecified atom stereocenters. The van der Waals surface area contributed by atoms with Crippen LogP contribution in [0.5, 0.6) is 0 Å². The van der Waals surface area contributed by atoms with Crippen molar-refractivity contribution in [2.45, 2.75) is 12.6 Å². The zero-order valence-corrected chi connectivity index (χ0v) is 13.1. The van der Waals surface area contributed by atoms with E-state index in [1.165, 1.54) is 17.0 Å². The largest absolute Gasteiger partial charge is 0.416 e. The van der Waals surface area contributed by atoms with Crippen molar-refractivity contribution in [3.05, 3.63) is 53.6 Å². The summed E-state index contributed by atoms with van der Waals surface area (Å²) >= 11 is 0. The first-order valence-electron chi connectivity index (χ1n) is 7.39. The van der Waals surface area contributed by atoms with Crippen molar-refractivity contribution < 1.29 is 22.8 Å². The van der Waals surface area contributed by atoms with Gasteiger partial charge in [-0.15, -0.1) is 0 Å². The van der Waals surface area contributed by atoms with Gasteiger partial charge in [-0.25, -0.2) is 4.79 Å². The summed E-state index contributed by atoms with van der Waals surface area (Å²) in [6.45, 7) is 0. The molecule has 25 heavy (non-hydrogen) atoms. The molecule has 1 aliphatic heterocycles. The topological polar surface area (TPSA) is 61.4 Å². The van der Waals surface area contributed by atoms with Crippen LogP contribution >= 0.6 is 0 Å². The van der Waals surface area contributed by atoms with E-state index in [0.29, 0.717) is 5.69 Å². The van der Waals surface area contributed by atoms with Gasteiger partial charge in [-0.05, 0) is 42.0 Å². The number of amides is 3. The van der Waals surface area contributed by atoms with Gasteiger partial charge >= 0.3 is 12.2 Å². The molecule has 0 aliphatic carbocycles. The number of urea groups is 1. The number of hydrogen-bond acceptors (Lipinski definition) is 2. The van der Waals surface area contributed by atoms with Gasteiger partial charge < -0.3 is 15.5 Å². The third kappa shape index (κ3) is 3.57. The van der Waals surface area contributed by atoms with Crippen molar-refractivity contribution in [3.8, 4) is 0 Å². The van der Waals surface area contributed by atoms with Crippen molar-refractivity contribution in [1.82, 2.24) is 0 Å². The molecule has 3 rings (SSSR count). The molecule has 0 saturated carbocycles. The van der Waals surface area contributed by atoms with Gasteiger partial charge in [0, 0.05) is 24.1 Å². The number of carbonyl (C=O) groups excluding carboxylic acids is 2. The van der Waals surface area contributed by atoms with Crippen molar-refractivity contribution >= 4 is 29.0 Å². The number of alkyl halides is 3. The van der Waals surface area contributed by atoms with E-state index in [2.05, 4.69) is 10.6 Å². The first kappa shape index (κ1) is 16.8. The Morgan fingerprint density at radius 3 is 2.44 bits per heavy atom. The number of halogens is 3. The van der Waals surface area contributed by atoms with Gasteiger partial charge in [-0.1, -0.05) is 6.07 Å². The predicted molar refractivity (Wildman–Crippen MR) is 87.6 cm³/mol. The number of nitrogens with one attached hydrogen (secondary N) is 2. The minimum Gasteiger partial charge on any atom is -0.315 e. The lowest BCUT2D eigenvalue weighted by atomic mass is 10.1. The highest BCUT2D eigenvalue weighted by Crippen LogP contribution is 2.31. The number of fused-ring (bicyclic) bond motifs is 1. The number of hydrogen-bond donors (Lipinski definition) is 2. The summed E-state index contributed by atoms with van der Waals surface area (Å²) in [5, 5.41) is 4.91. The highest BCUT2D eigenvalue weighted by Gasteiger charge is 2.30. The first-order valence-corrected chi connectivity index (χ1v) is 7.39. The lowest BCUT2D eigenvalue weighted by Crippen LogP contribution is -2.20. The van der Waals surface area contributed by atoms with Crippen LogP contribution < -0.4 is 15.5 Å². The molecule has 1 heterocycles. The van der Waals surface area contributed by atoms with Crippen LogP contribution in [0.1, 0.15) is 11.1 Å². The van der Waals surface area contributed by atoms with Crippen molar-refractivity contribution in [2.75, 3.05) is 22.6 Å². The SMILES string of the molecule is CN1C(=O)Cc2cc(NC(=O)Nc3cccc(C(F)(F)F)c3)ccc21. The van der Waals surface area contributed by atoms with Gasteiger partial charge in [0.1, 0.15) is 0 Å². The van der Waals surface area contributed by atoms with Gasteiger partial charge in [-0.2, -0.15) is 13.2 Å². The molecule has 2 aromatic carbocycles. The molecule has 0 spiro atoms. The minimum absolute atomic E-state index is 0.0309. The fourth-order valence-corrected chi connectivity index (χ4v) is 2.61. The lowest BCUT2D eigenvalue weighted by molar-refractivity contribution is -0.137. The second kappa shape index (κ2) is 6.12. The molecule has 5 nitrogen and oxygen atoms in total. The fraction of sp³-hybridized carbons (Fsp3) is 0.176. The van der Waals surface area contributed by atoms with Crippen LogP contribution in [-0.4, -0.2) is 19.0 Å². The number of benzene rings is 2. The minimum atomic E-state index is -4.48. The molecule has 130 valence electrons. The van der Waals surface area contributed by atoms with Crippen molar-refractivity contribution in [3.63, 3.8) is 0 Å². The first-order chi connectivity index (χ1) is 11.7. The smallest absolute Gasteiger partial charge is 0.315 e. The Morgan fingerprint density at radius 2 is 1.76 bits per heavy atom. The molecule has 0 fully saturated rings. The molecule has 0 aromatic heterocycles. The molecule has 8 heteroatoms. The van der Waals surface area contributed by atoms with Crippen LogP contribution in [0.25, 0.3) is 0 Å². The van der Waals surface area contributed by atoms with Crippen LogP contribution in [0.3, 0.4) is 0 Å². The van der Waals surface area contributed by atoms with E-state index in [1.54, 1.807) is 25.2 Å². The van der Waals surface area contributed by atoms with Crippen molar-refractivity contribution in [2.24, 2.45) is 0 Å². The second-order valence-corrected chi connectivity index (χ2v) is 5.63. The van der Waals surface area contributed by atoms with Gasteiger partial charge in [0.25, 0.3) is 0 Å². The van der Waals surface area contributed by atoms with Crippen LogP contribution in [0.4, 0.5) is 35.0 Å². The van der Waals surface area contributed by atoms with E-state index in [9.17, 15) is 22.8 Å². The summed E-state index contributed by atoms with van der Waals surface area (Å²) < 4.78 is 38.0. The normalized spacial score (nSPS) is 13.6. The molecular formula is C17H14F3N3O2. The van der Waals surface area contributed by atoms with Gasteiger partial charge in [-0.3, -0.25) is 4.79 Å². The molecule has 2 aromatic rings. The van der Waals surface area contributed by atoms with E-state index in [-0.39, 0.29) is 18.0 Å². The summed E-state index contributed by atoms with van der Waals surface area (Å²) in [4.78, 5) is 25.2. The highest BCUT2D eigenvalue weighted by molar-refractivity contribution is 6.03. The highest BCUT2D eigenvalue weighted by atomic mass is 19.4. The molecule has 0 radical (unpaired) electrons. The Bertz CT molecular complexity index is 849. The Labute approximate surface area is 141 Å². The molecular weight excluding hydrogens is 335 g/mol. The van der Waals surface area contributed by atoms with E-state index >= 15 is 0 Å². The Hall–Kier alpha value is -3.03. The Balaban J connectivity index is 1.70. The summed E-state index contributed by atoms with van der Waals surface area (Å²) in [6, 6.07) is 8.70. The summed E-state index contributed by atoms with van der Waals surface area (Å²) in [5.41, 5.74) is 1.19. The third-order valence-corrected chi connectivity index (χ3v) is 3.86. The van der Waals surface area contributed by atoms with E-state index in [4.69, 9.17) is 0 Å². The van der Waals surface area contributed by atoms with Crippen LogP contribution in [0, 0.1) is 0 Å². The Morgan fingerprint density at radius 1 is 1.08 bits per heavy atom. The zero-order valence-electron chi connectivity index (χ0n) is 13.1. The van der Waals surface area contributed by atoms with Crippen LogP contribution in [0.15, 0.2) is 42.5 Å². The van der Waals surface area contributed by atoms with Gasteiger partial charge in [0.05, 0.1) is 12.0 Å². The zero-order chi connectivity index (χ0) is 18.2. The van der Waals surface area contributed by atoms with E-state index in [0.717, 1.165) is 23.4 Å². The predicted octanol–water partition coefficient (Wildman–Crippen LogP) is 3.87. The Kier molecular flexibility index (Phi) is 4.12. The second-order valence-electron chi connectivity index (χ2n) is 5.63. The molecule has 2 N–H and O–H groups in total. The average Bonchev–Trinajstić information content (AvgIpc) is 2.81. The van der Waals surface area contributed by atoms with Gasteiger partial charge in [0.15, 0.2) is 0 Å². The fourth-order valence-electron chi connectivity index (χ4n) is 2.61. The summed E-state index contributed by atoms with van der Waals surface area (Å²) in [5.74, 6) is -0.0411. The molecule has 3 amide bonds. The summed E-state index contributed by atoms with van der Waals surface area (Å²) in [7, 11) is 1.67. The van der Waals surface area contributed by atoms with Gasteiger partial charge in [0.2, 0.25) is 5.91 Å². The standard InChI is InChI=1S/C17H14F3N3O2/c1-23-14-6-5-13(7-10(14)8-15(23)24)22-16(25)21-12-4-2-3-11(9-12)17(18,19)20/h2-7,9H,8H2,1H3,(H2,21,22,25). The molecule has 1 aliphatic rings. The number of anilines is 3. The van der Waals surface area contributed by atoms with Crippen LogP contribution in [0.2, 0.25) is 0 Å². The molecule has 0 saturated heterocycles. The molecule has 0 atom stereocenters. The monoisotopic (exact) mass is 349 g/mol. The number of likely N-dealkylation sites (N-methyl/N-ethyl adjacent to an activating group) is 1. The van der Waals surface area contributed by atoms with Crippen molar-refractivity contribution in [1.29, 1.82) is 0 Å². The number of carbonyl (C=O) groups is 2. The lowest BCUT2D eigenvalue weighted by Gasteiger charge is -2.12.